The average molecular weight is 354 g/mol. The number of phenolic OH excluding ortho intramolecular Hbond substituents is 1. The number of rotatable bonds is 4. The second-order valence-electron chi connectivity index (χ2n) is 7.30. The molecule has 0 aliphatic carbocycles. The van der Waals surface area contributed by atoms with Gasteiger partial charge in [-0.25, -0.2) is 4.39 Å². The topological polar surface area (TPSA) is 49.5 Å². The molecule has 2 aromatic carbocycles. The molecule has 0 spiro atoms. The van der Waals surface area contributed by atoms with Crippen LogP contribution in [0.5, 0.6) is 5.75 Å². The summed E-state index contributed by atoms with van der Waals surface area (Å²) in [6.45, 7) is 4.96. The van der Waals surface area contributed by atoms with Crippen LogP contribution >= 0.6 is 0 Å². The highest BCUT2D eigenvalue weighted by molar-refractivity contribution is 5.84. The van der Waals surface area contributed by atoms with Crippen molar-refractivity contribution >= 4 is 11.0 Å². The molecule has 0 saturated carbocycles. The third-order valence-electron chi connectivity index (χ3n) is 5.37. The predicted molar refractivity (Wildman–Crippen MR) is 98.6 cm³/mol. The van der Waals surface area contributed by atoms with Gasteiger partial charge in [-0.2, -0.15) is 0 Å². The zero-order valence-electron chi connectivity index (χ0n) is 14.9. The number of fused-ring (bicyclic) bond motifs is 1. The second kappa shape index (κ2) is 7.08. The van der Waals surface area contributed by atoms with Crippen molar-refractivity contribution in [3.63, 3.8) is 0 Å². The van der Waals surface area contributed by atoms with E-state index in [1.807, 2.05) is 6.07 Å². The lowest BCUT2D eigenvalue weighted by molar-refractivity contribution is 0.183. The molecule has 3 aromatic rings. The van der Waals surface area contributed by atoms with Gasteiger partial charge in [0.25, 0.3) is 0 Å². The van der Waals surface area contributed by atoms with Crippen LogP contribution in [0.15, 0.2) is 40.9 Å². The summed E-state index contributed by atoms with van der Waals surface area (Å²) in [5.74, 6) is 0.739. The summed E-state index contributed by atoms with van der Waals surface area (Å²) in [7, 11) is 0. The number of piperidine rings is 1. The van der Waals surface area contributed by atoms with Crippen LogP contribution in [-0.2, 0) is 13.0 Å². The molecule has 1 aliphatic rings. The smallest absolute Gasteiger partial charge is 0.175 e. The SMILES string of the molecule is CC1CCN(Cc2c(O)ccc3c(Cc4ccccc4F)noc23)CC1. The van der Waals surface area contributed by atoms with Gasteiger partial charge in [-0.15, -0.1) is 0 Å². The van der Waals surface area contributed by atoms with Gasteiger partial charge in [0, 0.05) is 18.4 Å². The van der Waals surface area contributed by atoms with Crippen LogP contribution in [0.1, 0.15) is 36.6 Å². The number of phenols is 1. The molecule has 26 heavy (non-hydrogen) atoms. The van der Waals surface area contributed by atoms with E-state index in [1.54, 1.807) is 24.3 Å². The molecule has 4 nitrogen and oxygen atoms in total. The summed E-state index contributed by atoms with van der Waals surface area (Å²) < 4.78 is 19.5. The van der Waals surface area contributed by atoms with Crippen molar-refractivity contribution in [2.24, 2.45) is 5.92 Å². The summed E-state index contributed by atoms with van der Waals surface area (Å²) in [6, 6.07) is 10.2. The zero-order chi connectivity index (χ0) is 18.1. The minimum atomic E-state index is -0.245. The summed E-state index contributed by atoms with van der Waals surface area (Å²) in [4.78, 5) is 2.34. The molecule has 1 aromatic heterocycles. The molecule has 0 amide bonds. The highest BCUT2D eigenvalue weighted by atomic mass is 19.1. The lowest BCUT2D eigenvalue weighted by Gasteiger charge is -2.30. The first kappa shape index (κ1) is 17.0. The van der Waals surface area contributed by atoms with Gasteiger partial charge in [0.2, 0.25) is 0 Å². The van der Waals surface area contributed by atoms with Crippen LogP contribution in [0.25, 0.3) is 11.0 Å². The van der Waals surface area contributed by atoms with Crippen molar-refractivity contribution in [3.05, 3.63) is 59.0 Å². The Kier molecular flexibility index (Phi) is 4.64. The van der Waals surface area contributed by atoms with Gasteiger partial charge in [0.15, 0.2) is 5.58 Å². The summed E-state index contributed by atoms with van der Waals surface area (Å²) in [5, 5.41) is 15.4. The van der Waals surface area contributed by atoms with E-state index in [4.69, 9.17) is 4.52 Å². The number of aromatic nitrogens is 1. The second-order valence-corrected chi connectivity index (χ2v) is 7.30. The first-order valence-corrected chi connectivity index (χ1v) is 9.16. The van der Waals surface area contributed by atoms with Crippen molar-refractivity contribution < 1.29 is 14.0 Å². The van der Waals surface area contributed by atoms with Crippen molar-refractivity contribution in [2.75, 3.05) is 13.1 Å². The van der Waals surface area contributed by atoms with Gasteiger partial charge in [0.05, 0.1) is 11.3 Å². The van der Waals surface area contributed by atoms with Gasteiger partial charge in [0.1, 0.15) is 11.6 Å². The minimum Gasteiger partial charge on any atom is -0.507 e. The normalized spacial score (nSPS) is 16.4. The summed E-state index contributed by atoms with van der Waals surface area (Å²) in [6.07, 6.45) is 2.71. The maximum atomic E-state index is 14.0. The molecule has 1 saturated heterocycles. The molecule has 1 fully saturated rings. The van der Waals surface area contributed by atoms with E-state index >= 15 is 0 Å². The van der Waals surface area contributed by atoms with Crippen molar-refractivity contribution in [1.29, 1.82) is 0 Å². The van der Waals surface area contributed by atoms with Crippen molar-refractivity contribution in [2.45, 2.75) is 32.7 Å². The number of halogens is 1. The van der Waals surface area contributed by atoms with Crippen molar-refractivity contribution in [3.8, 4) is 5.75 Å². The van der Waals surface area contributed by atoms with Crippen LogP contribution in [0, 0.1) is 11.7 Å². The molecule has 5 heteroatoms. The Morgan fingerprint density at radius 2 is 1.96 bits per heavy atom. The molecule has 1 N–H and O–H groups in total. The number of likely N-dealkylation sites (tertiary alicyclic amines) is 1. The van der Waals surface area contributed by atoms with E-state index in [9.17, 15) is 9.50 Å². The van der Waals surface area contributed by atoms with E-state index < -0.39 is 0 Å². The number of nitrogens with zero attached hydrogens (tertiary/aromatic N) is 2. The van der Waals surface area contributed by atoms with E-state index in [0.717, 1.165) is 30.0 Å². The highest BCUT2D eigenvalue weighted by Crippen LogP contribution is 2.32. The van der Waals surface area contributed by atoms with E-state index in [0.29, 0.717) is 29.8 Å². The molecule has 0 unspecified atom stereocenters. The van der Waals surface area contributed by atoms with Gasteiger partial charge in [-0.1, -0.05) is 30.3 Å². The molecular weight excluding hydrogens is 331 g/mol. The number of benzene rings is 2. The Labute approximate surface area is 152 Å². The number of hydrogen-bond acceptors (Lipinski definition) is 4. The quantitative estimate of drug-likeness (QED) is 0.750. The van der Waals surface area contributed by atoms with Gasteiger partial charge < -0.3 is 9.63 Å². The number of hydrogen-bond donors (Lipinski definition) is 1. The zero-order valence-corrected chi connectivity index (χ0v) is 14.9. The fourth-order valence-electron chi connectivity index (χ4n) is 3.65. The maximum absolute atomic E-state index is 14.0. The average Bonchev–Trinajstić information content (AvgIpc) is 3.04. The van der Waals surface area contributed by atoms with Gasteiger partial charge in [-0.3, -0.25) is 4.90 Å². The van der Waals surface area contributed by atoms with Crippen LogP contribution in [0.2, 0.25) is 0 Å². The van der Waals surface area contributed by atoms with Crippen LogP contribution < -0.4 is 0 Å². The largest absolute Gasteiger partial charge is 0.507 e. The van der Waals surface area contributed by atoms with Gasteiger partial charge in [-0.05, 0) is 55.6 Å². The minimum absolute atomic E-state index is 0.227. The Morgan fingerprint density at radius 3 is 2.73 bits per heavy atom. The highest BCUT2D eigenvalue weighted by Gasteiger charge is 2.21. The lowest BCUT2D eigenvalue weighted by Crippen LogP contribution is -2.32. The molecular formula is C21H23FN2O2. The lowest BCUT2D eigenvalue weighted by atomic mass is 9.98. The Balaban J connectivity index is 1.64. The maximum Gasteiger partial charge on any atom is 0.175 e. The molecule has 0 bridgehead atoms. The van der Waals surface area contributed by atoms with Crippen LogP contribution in [0.3, 0.4) is 0 Å². The fraction of sp³-hybridized carbons (Fsp3) is 0.381. The van der Waals surface area contributed by atoms with E-state index in [2.05, 4.69) is 17.0 Å². The van der Waals surface area contributed by atoms with Gasteiger partial charge >= 0.3 is 0 Å². The first-order valence-electron chi connectivity index (χ1n) is 9.16. The Hall–Kier alpha value is -2.40. The first-order chi connectivity index (χ1) is 12.6. The molecule has 4 rings (SSSR count). The van der Waals surface area contributed by atoms with E-state index in [-0.39, 0.29) is 11.6 Å². The molecule has 0 atom stereocenters. The summed E-state index contributed by atoms with van der Waals surface area (Å²) >= 11 is 0. The van der Waals surface area contributed by atoms with E-state index in [1.165, 1.54) is 18.9 Å². The fourth-order valence-corrected chi connectivity index (χ4v) is 3.65. The predicted octanol–water partition coefficient (Wildman–Crippen LogP) is 4.50. The van der Waals surface area contributed by atoms with Crippen molar-refractivity contribution in [1.82, 2.24) is 10.1 Å². The molecule has 136 valence electrons. The Morgan fingerprint density at radius 1 is 1.19 bits per heavy atom. The van der Waals surface area contributed by atoms with Crippen LogP contribution in [0.4, 0.5) is 4.39 Å². The third kappa shape index (κ3) is 3.31. The molecule has 0 radical (unpaired) electrons. The number of aromatic hydroxyl groups is 1. The monoisotopic (exact) mass is 354 g/mol. The molecule has 1 aliphatic heterocycles. The summed E-state index contributed by atoms with van der Waals surface area (Å²) in [5.41, 5.74) is 2.65. The standard InChI is InChI=1S/C21H23FN2O2/c1-14-8-10-24(11-9-14)13-17-20(25)7-6-16-19(23-26-21(16)17)12-15-4-2-3-5-18(15)22/h2-7,14,25H,8-13H2,1H3. The Bertz CT molecular complexity index is 914. The third-order valence-corrected chi connectivity index (χ3v) is 5.37. The van der Waals surface area contributed by atoms with Crippen LogP contribution in [-0.4, -0.2) is 28.3 Å². The molecule has 2 heterocycles.